The van der Waals surface area contributed by atoms with E-state index in [0.717, 1.165) is 6.26 Å². The molecule has 184 valence electrons. The van der Waals surface area contributed by atoms with E-state index in [1.807, 2.05) is 0 Å². The molecule has 9 nitrogen and oxygen atoms in total. The molecule has 2 heterocycles. The number of anilines is 1. The molecule has 2 aromatic heterocycles. The summed E-state index contributed by atoms with van der Waals surface area (Å²) < 4.78 is 49.2. The number of amides is 1. The number of aromatic nitrogens is 2. The molecule has 0 spiro atoms. The molecule has 0 aliphatic carbocycles. The molecule has 4 rings (SSSR count). The van der Waals surface area contributed by atoms with E-state index in [4.69, 9.17) is 20.8 Å². The van der Waals surface area contributed by atoms with Crippen molar-refractivity contribution in [3.63, 3.8) is 0 Å². The van der Waals surface area contributed by atoms with Crippen LogP contribution in [0.1, 0.15) is 29.1 Å². The Kier molecular flexibility index (Phi) is 6.73. The number of carbonyl (C=O) groups excluding carboxylic acids is 1. The van der Waals surface area contributed by atoms with E-state index in [2.05, 4.69) is 20.8 Å². The van der Waals surface area contributed by atoms with Crippen molar-refractivity contribution in [1.29, 1.82) is 0 Å². The van der Waals surface area contributed by atoms with E-state index >= 15 is 0 Å². The van der Waals surface area contributed by atoms with Crippen LogP contribution in [0.4, 0.5) is 10.1 Å². The molecule has 2 aromatic carbocycles. The van der Waals surface area contributed by atoms with Gasteiger partial charge in [-0.25, -0.2) is 12.8 Å². The molecule has 0 saturated carbocycles. The minimum Gasteiger partial charge on any atom is -0.482 e. The fourth-order valence-corrected chi connectivity index (χ4v) is 4.20. The lowest BCUT2D eigenvalue weighted by atomic mass is 10.0. The first-order valence-electron chi connectivity index (χ1n) is 10.4. The van der Waals surface area contributed by atoms with Crippen LogP contribution in [0.3, 0.4) is 0 Å². The van der Waals surface area contributed by atoms with Crippen molar-refractivity contribution < 1.29 is 26.8 Å². The van der Waals surface area contributed by atoms with E-state index in [1.54, 1.807) is 19.1 Å². The van der Waals surface area contributed by atoms with Gasteiger partial charge in [-0.2, -0.15) is 5.10 Å². The highest BCUT2D eigenvalue weighted by atomic mass is 35.5. The summed E-state index contributed by atoms with van der Waals surface area (Å²) in [7, 11) is -1.89. The number of rotatable bonds is 8. The highest BCUT2D eigenvalue weighted by Gasteiger charge is 2.25. The molecule has 35 heavy (non-hydrogen) atoms. The maximum absolute atomic E-state index is 13.5. The van der Waals surface area contributed by atoms with Gasteiger partial charge in [-0.1, -0.05) is 11.6 Å². The number of nitrogens with one attached hydrogen (secondary N) is 3. The smallest absolute Gasteiger partial charge is 0.255 e. The largest absolute Gasteiger partial charge is 0.482 e. The van der Waals surface area contributed by atoms with Crippen LogP contribution >= 0.6 is 11.6 Å². The first-order valence-corrected chi connectivity index (χ1v) is 12.9. The highest BCUT2D eigenvalue weighted by molar-refractivity contribution is 7.90. The Hall–Kier alpha value is -3.57. The summed E-state index contributed by atoms with van der Waals surface area (Å²) in [6.07, 6.45) is 1.99. The predicted molar refractivity (Wildman–Crippen MR) is 131 cm³/mol. The number of carbonyl (C=O) groups is 1. The summed E-state index contributed by atoms with van der Waals surface area (Å²) in [5, 5.41) is 13.0. The second-order valence-corrected chi connectivity index (χ2v) is 10.4. The van der Waals surface area contributed by atoms with Gasteiger partial charge in [0.15, 0.2) is 9.84 Å². The van der Waals surface area contributed by atoms with Crippen molar-refractivity contribution >= 4 is 44.0 Å². The molecule has 0 bridgehead atoms. The van der Waals surface area contributed by atoms with Crippen LogP contribution in [0.25, 0.3) is 22.3 Å². The highest BCUT2D eigenvalue weighted by Crippen LogP contribution is 2.40. The van der Waals surface area contributed by atoms with Crippen LogP contribution in [0.2, 0.25) is 5.02 Å². The molecule has 0 aliphatic rings. The molecule has 1 unspecified atom stereocenters. The molecule has 3 N–H and O–H groups in total. The van der Waals surface area contributed by atoms with Crippen LogP contribution in [0.5, 0.6) is 5.75 Å². The first kappa shape index (κ1) is 24.6. The summed E-state index contributed by atoms with van der Waals surface area (Å²) in [6.45, 7) is 1.73. The minimum atomic E-state index is -3.37. The fraction of sp³-hybridized carbons (Fsp3) is 0.217. The van der Waals surface area contributed by atoms with Crippen molar-refractivity contribution in [1.82, 2.24) is 15.5 Å². The maximum atomic E-state index is 13.5. The summed E-state index contributed by atoms with van der Waals surface area (Å²) in [6, 6.07) is 8.66. The number of hydrogen-bond donors (Lipinski definition) is 3. The summed E-state index contributed by atoms with van der Waals surface area (Å²) in [5.41, 5.74) is 1.79. The molecule has 0 fully saturated rings. The van der Waals surface area contributed by atoms with Crippen molar-refractivity contribution in [2.24, 2.45) is 0 Å². The van der Waals surface area contributed by atoms with Crippen LogP contribution in [-0.2, 0) is 9.84 Å². The average molecular weight is 521 g/mol. The fourth-order valence-electron chi connectivity index (χ4n) is 3.54. The van der Waals surface area contributed by atoms with Gasteiger partial charge >= 0.3 is 0 Å². The van der Waals surface area contributed by atoms with Gasteiger partial charge < -0.3 is 19.8 Å². The number of halogens is 2. The number of ether oxygens (including phenoxy) is 1. The van der Waals surface area contributed by atoms with Gasteiger partial charge in [0.05, 0.1) is 16.3 Å². The Labute approximate surface area is 205 Å². The zero-order valence-corrected chi connectivity index (χ0v) is 20.6. The number of benzene rings is 2. The Morgan fingerprint density at radius 3 is 2.60 bits per heavy atom. The lowest BCUT2D eigenvalue weighted by Crippen LogP contribution is -2.18. The van der Waals surface area contributed by atoms with Gasteiger partial charge in [0.25, 0.3) is 5.91 Å². The van der Waals surface area contributed by atoms with E-state index in [0.29, 0.717) is 32.9 Å². The monoisotopic (exact) mass is 520 g/mol. The second-order valence-electron chi connectivity index (χ2n) is 7.86. The molecular weight excluding hydrogens is 499 g/mol. The summed E-state index contributed by atoms with van der Waals surface area (Å²) >= 11 is 6.16. The number of hydrogen-bond acceptors (Lipinski definition) is 7. The van der Waals surface area contributed by atoms with E-state index < -0.39 is 27.7 Å². The summed E-state index contributed by atoms with van der Waals surface area (Å²) in [5.74, 6) is -0.729. The molecule has 1 amide bonds. The lowest BCUT2D eigenvalue weighted by molar-refractivity contribution is 0.0964. The number of sulfone groups is 1. The molecule has 0 saturated heterocycles. The minimum absolute atomic E-state index is 0.221. The van der Waals surface area contributed by atoms with Crippen molar-refractivity contribution in [3.8, 4) is 17.1 Å². The molecule has 12 heteroatoms. The zero-order chi connectivity index (χ0) is 25.3. The third kappa shape index (κ3) is 5.25. The summed E-state index contributed by atoms with van der Waals surface area (Å²) in [4.78, 5) is 12.8. The third-order valence-electron chi connectivity index (χ3n) is 5.19. The van der Waals surface area contributed by atoms with Gasteiger partial charge in [0.1, 0.15) is 40.6 Å². The number of furan rings is 1. The van der Waals surface area contributed by atoms with E-state index in [9.17, 15) is 17.6 Å². The molecule has 1 atom stereocenters. The molecular formula is C23H22ClFN4O5S. The van der Waals surface area contributed by atoms with Gasteiger partial charge in [0.2, 0.25) is 0 Å². The Balaban J connectivity index is 1.88. The number of aromatic amines is 1. The van der Waals surface area contributed by atoms with E-state index in [-0.39, 0.29) is 22.9 Å². The van der Waals surface area contributed by atoms with Crippen molar-refractivity contribution in [2.45, 2.75) is 13.0 Å². The Morgan fingerprint density at radius 1 is 1.29 bits per heavy atom. The normalized spacial score (nSPS) is 12.5. The number of fused-ring (bicyclic) bond motifs is 1. The predicted octanol–water partition coefficient (Wildman–Crippen LogP) is 4.53. The van der Waals surface area contributed by atoms with Gasteiger partial charge in [-0.15, -0.1) is 0 Å². The Morgan fingerprint density at radius 2 is 2.00 bits per heavy atom. The maximum Gasteiger partial charge on any atom is 0.255 e. The zero-order valence-electron chi connectivity index (χ0n) is 19.0. The average Bonchev–Trinajstić information content (AvgIpc) is 3.40. The van der Waals surface area contributed by atoms with Crippen LogP contribution in [0, 0.1) is 5.82 Å². The lowest BCUT2D eigenvalue weighted by Gasteiger charge is -2.17. The second kappa shape index (κ2) is 9.59. The standard InChI is InChI=1S/C23H22ClFN4O5S/c1-12(21-16(24)10-28-29-21)33-19-8-15-18(9-17(19)27-11-35(3,31)32)34-22(20(15)23(30)26-2)13-4-6-14(25)7-5-13/h4-10,12,27H,11H2,1-3H3,(H,26,30)(H,28,29). The van der Waals surface area contributed by atoms with Gasteiger partial charge in [-0.05, 0) is 37.3 Å². The number of nitrogens with zero attached hydrogens (tertiary/aromatic N) is 1. The Bertz CT molecular complexity index is 1500. The first-order chi connectivity index (χ1) is 16.6. The van der Waals surface area contributed by atoms with E-state index in [1.165, 1.54) is 37.5 Å². The molecule has 0 radical (unpaired) electrons. The molecule has 0 aliphatic heterocycles. The van der Waals surface area contributed by atoms with Crippen LogP contribution in [0.15, 0.2) is 47.0 Å². The molecule has 4 aromatic rings. The van der Waals surface area contributed by atoms with Crippen molar-refractivity contribution in [2.75, 3.05) is 24.5 Å². The van der Waals surface area contributed by atoms with Crippen LogP contribution < -0.4 is 15.4 Å². The quantitative estimate of drug-likeness (QED) is 0.311. The van der Waals surface area contributed by atoms with Gasteiger partial charge in [-0.3, -0.25) is 9.89 Å². The SMILES string of the molecule is CNC(=O)c1c(-c2ccc(F)cc2)oc2cc(NCS(C)(=O)=O)c(OC(C)c3n[nH]cc3Cl)cc12. The topological polar surface area (TPSA) is 126 Å². The van der Waals surface area contributed by atoms with Crippen molar-refractivity contribution in [3.05, 3.63) is 64.7 Å². The van der Waals surface area contributed by atoms with Gasteiger partial charge in [0, 0.05) is 36.5 Å². The van der Waals surface area contributed by atoms with Crippen LogP contribution in [-0.4, -0.2) is 43.7 Å². The number of H-pyrrole nitrogens is 1. The third-order valence-corrected chi connectivity index (χ3v) is 6.16.